The molecule has 78 valence electrons. The van der Waals surface area contributed by atoms with E-state index >= 15 is 0 Å². The number of nitrogens with one attached hydrogen (secondary N) is 1. The highest BCUT2D eigenvalue weighted by molar-refractivity contribution is 5.47. The van der Waals surface area contributed by atoms with E-state index in [4.69, 9.17) is 5.73 Å². The maximum atomic E-state index is 11.5. The van der Waals surface area contributed by atoms with E-state index in [0.29, 0.717) is 11.4 Å². The molecule has 0 atom stereocenters. The van der Waals surface area contributed by atoms with Crippen LogP contribution < -0.4 is 11.3 Å². The lowest BCUT2D eigenvalue weighted by Gasteiger charge is -2.01. The first kappa shape index (κ1) is 9.60. The number of hydrogen-bond acceptors (Lipinski definition) is 4. The average molecular weight is 205 g/mol. The van der Waals surface area contributed by atoms with E-state index in [1.807, 2.05) is 7.05 Å². The van der Waals surface area contributed by atoms with Crippen molar-refractivity contribution in [3.63, 3.8) is 0 Å². The summed E-state index contributed by atoms with van der Waals surface area (Å²) in [7, 11) is 1.83. The average Bonchev–Trinajstić information content (AvgIpc) is 2.64. The lowest BCUT2D eigenvalue weighted by molar-refractivity contribution is 0.898. The zero-order valence-corrected chi connectivity index (χ0v) is 8.27. The van der Waals surface area contributed by atoms with Crippen LogP contribution in [-0.4, -0.2) is 19.5 Å². The molecule has 2 aromatic heterocycles. The highest BCUT2D eigenvalue weighted by atomic mass is 16.1. The Morgan fingerprint density at radius 2 is 2.33 bits per heavy atom. The van der Waals surface area contributed by atoms with Gasteiger partial charge in [0, 0.05) is 25.4 Å². The van der Waals surface area contributed by atoms with E-state index in [1.165, 1.54) is 6.20 Å². The van der Waals surface area contributed by atoms with Gasteiger partial charge in [0.15, 0.2) is 5.82 Å². The van der Waals surface area contributed by atoms with Gasteiger partial charge in [0.1, 0.15) is 5.69 Å². The monoisotopic (exact) mass is 205 g/mol. The maximum Gasteiger partial charge on any atom is 0.255 e. The van der Waals surface area contributed by atoms with Crippen molar-refractivity contribution in [1.29, 1.82) is 0 Å². The van der Waals surface area contributed by atoms with Crippen LogP contribution in [0.1, 0.15) is 5.56 Å². The number of nitrogens with zero attached hydrogens (tertiary/aromatic N) is 3. The SMILES string of the molecule is Cn1cncc1-c1ncc(CN)c(=O)[nH]1. The minimum Gasteiger partial charge on any atom is -0.331 e. The van der Waals surface area contributed by atoms with Crippen molar-refractivity contribution in [1.82, 2.24) is 19.5 Å². The summed E-state index contributed by atoms with van der Waals surface area (Å²) in [5.41, 5.74) is 6.40. The summed E-state index contributed by atoms with van der Waals surface area (Å²) in [6.07, 6.45) is 4.77. The van der Waals surface area contributed by atoms with Crippen molar-refractivity contribution < 1.29 is 0 Å². The largest absolute Gasteiger partial charge is 0.331 e. The number of nitrogens with two attached hydrogens (primary N) is 1. The van der Waals surface area contributed by atoms with Gasteiger partial charge in [-0.2, -0.15) is 0 Å². The summed E-state index contributed by atoms with van der Waals surface area (Å²) in [6.45, 7) is 0.188. The Labute approximate surface area is 85.8 Å². The topological polar surface area (TPSA) is 89.6 Å². The molecule has 6 heteroatoms. The molecule has 0 aliphatic rings. The highest BCUT2D eigenvalue weighted by Crippen LogP contribution is 2.10. The zero-order valence-electron chi connectivity index (χ0n) is 8.27. The third-order valence-electron chi connectivity index (χ3n) is 2.15. The predicted octanol–water partition coefficient (Wildman–Crippen LogP) is -0.371. The fourth-order valence-electron chi connectivity index (χ4n) is 1.28. The minimum absolute atomic E-state index is 0.188. The van der Waals surface area contributed by atoms with Crippen LogP contribution in [0.4, 0.5) is 0 Å². The number of aromatic nitrogens is 4. The normalized spacial score (nSPS) is 10.5. The standard InChI is InChI=1S/C9H11N5O/c1-14-5-11-4-7(14)8-12-3-6(2-10)9(15)13-8/h3-5H,2,10H2,1H3,(H,12,13,15). The summed E-state index contributed by atoms with van der Waals surface area (Å²) in [4.78, 5) is 22.2. The van der Waals surface area contributed by atoms with E-state index in [0.717, 1.165) is 5.69 Å². The smallest absolute Gasteiger partial charge is 0.255 e. The molecule has 0 aliphatic carbocycles. The van der Waals surface area contributed by atoms with Gasteiger partial charge in [-0.05, 0) is 0 Å². The lowest BCUT2D eigenvalue weighted by atomic mass is 10.3. The molecule has 6 nitrogen and oxygen atoms in total. The van der Waals surface area contributed by atoms with Crippen LogP contribution >= 0.6 is 0 Å². The van der Waals surface area contributed by atoms with Crippen LogP contribution in [0.2, 0.25) is 0 Å². The molecule has 0 bridgehead atoms. The van der Waals surface area contributed by atoms with Gasteiger partial charge in [-0.15, -0.1) is 0 Å². The first-order valence-electron chi connectivity index (χ1n) is 4.47. The van der Waals surface area contributed by atoms with Crippen molar-refractivity contribution in [3.8, 4) is 11.5 Å². The van der Waals surface area contributed by atoms with Gasteiger partial charge in [-0.25, -0.2) is 9.97 Å². The molecule has 2 aromatic rings. The van der Waals surface area contributed by atoms with Crippen LogP contribution in [0.3, 0.4) is 0 Å². The maximum absolute atomic E-state index is 11.5. The second-order valence-corrected chi connectivity index (χ2v) is 3.18. The fourth-order valence-corrected chi connectivity index (χ4v) is 1.28. The van der Waals surface area contributed by atoms with E-state index in [9.17, 15) is 4.79 Å². The van der Waals surface area contributed by atoms with Crippen LogP contribution in [0.5, 0.6) is 0 Å². The second-order valence-electron chi connectivity index (χ2n) is 3.18. The van der Waals surface area contributed by atoms with Gasteiger partial charge in [0.05, 0.1) is 12.5 Å². The van der Waals surface area contributed by atoms with E-state index < -0.39 is 0 Å². The molecule has 15 heavy (non-hydrogen) atoms. The third-order valence-corrected chi connectivity index (χ3v) is 2.15. The molecule has 0 aromatic carbocycles. The Bertz CT molecular complexity index is 527. The Hall–Kier alpha value is -1.95. The van der Waals surface area contributed by atoms with Crippen LogP contribution in [0, 0.1) is 0 Å². The Morgan fingerprint density at radius 1 is 1.53 bits per heavy atom. The Morgan fingerprint density at radius 3 is 2.87 bits per heavy atom. The molecule has 0 saturated carbocycles. The summed E-state index contributed by atoms with van der Waals surface area (Å²) in [6, 6.07) is 0. The lowest BCUT2D eigenvalue weighted by Crippen LogP contribution is -2.17. The molecule has 2 heterocycles. The molecule has 0 saturated heterocycles. The molecule has 0 spiro atoms. The number of aromatic amines is 1. The van der Waals surface area contributed by atoms with Gasteiger partial charge >= 0.3 is 0 Å². The van der Waals surface area contributed by atoms with Gasteiger partial charge in [0.2, 0.25) is 0 Å². The van der Waals surface area contributed by atoms with Crippen molar-refractivity contribution in [2.24, 2.45) is 12.8 Å². The van der Waals surface area contributed by atoms with Crippen LogP contribution in [0.15, 0.2) is 23.5 Å². The van der Waals surface area contributed by atoms with Crippen LogP contribution in [-0.2, 0) is 13.6 Å². The van der Waals surface area contributed by atoms with Crippen molar-refractivity contribution in [2.75, 3.05) is 0 Å². The quantitative estimate of drug-likeness (QED) is 0.700. The fraction of sp³-hybridized carbons (Fsp3) is 0.222. The molecule has 2 rings (SSSR count). The summed E-state index contributed by atoms with van der Waals surface area (Å²) >= 11 is 0. The van der Waals surface area contributed by atoms with E-state index in [2.05, 4.69) is 15.0 Å². The van der Waals surface area contributed by atoms with Crippen molar-refractivity contribution in [3.05, 3.63) is 34.6 Å². The van der Waals surface area contributed by atoms with E-state index in [1.54, 1.807) is 17.1 Å². The van der Waals surface area contributed by atoms with E-state index in [-0.39, 0.29) is 12.1 Å². The summed E-state index contributed by atoms with van der Waals surface area (Å²) in [5.74, 6) is 0.497. The predicted molar refractivity (Wildman–Crippen MR) is 55.0 cm³/mol. The van der Waals surface area contributed by atoms with Crippen molar-refractivity contribution in [2.45, 2.75) is 6.54 Å². The summed E-state index contributed by atoms with van der Waals surface area (Å²) in [5, 5.41) is 0. The Kier molecular flexibility index (Phi) is 2.34. The first-order valence-corrected chi connectivity index (χ1v) is 4.47. The molecule has 0 fully saturated rings. The minimum atomic E-state index is -0.205. The second kappa shape index (κ2) is 3.66. The highest BCUT2D eigenvalue weighted by Gasteiger charge is 2.06. The van der Waals surface area contributed by atoms with Gasteiger partial charge in [0.25, 0.3) is 5.56 Å². The number of hydrogen-bond donors (Lipinski definition) is 2. The van der Waals surface area contributed by atoms with Gasteiger partial charge in [-0.1, -0.05) is 0 Å². The molecule has 0 unspecified atom stereocenters. The molecule has 0 radical (unpaired) electrons. The molecule has 0 aliphatic heterocycles. The van der Waals surface area contributed by atoms with Gasteiger partial charge in [-0.3, -0.25) is 4.79 Å². The molecule has 3 N–H and O–H groups in total. The third kappa shape index (κ3) is 1.66. The number of imidazole rings is 1. The molecular formula is C9H11N5O. The zero-order chi connectivity index (χ0) is 10.8. The first-order chi connectivity index (χ1) is 7.22. The Balaban J connectivity index is 2.52. The van der Waals surface area contributed by atoms with Crippen molar-refractivity contribution >= 4 is 0 Å². The van der Waals surface area contributed by atoms with Gasteiger partial charge < -0.3 is 15.3 Å². The molecule has 0 amide bonds. The molecular weight excluding hydrogens is 194 g/mol. The number of rotatable bonds is 2. The number of aryl methyl sites for hydroxylation is 1. The summed E-state index contributed by atoms with van der Waals surface area (Å²) < 4.78 is 1.78. The van der Waals surface area contributed by atoms with Crippen LogP contribution in [0.25, 0.3) is 11.5 Å². The number of H-pyrrole nitrogens is 1.